The molecule has 0 bridgehead atoms. The third kappa shape index (κ3) is 6.21. The van der Waals surface area contributed by atoms with Crippen molar-refractivity contribution in [3.8, 4) is 16.9 Å². The summed E-state index contributed by atoms with van der Waals surface area (Å²) in [7, 11) is 0. The Bertz CT molecular complexity index is 1940. The number of carboxylic acids is 1. The first-order chi connectivity index (χ1) is 22.0. The number of rotatable bonds is 13. The predicted molar refractivity (Wildman–Crippen MR) is 180 cm³/mol. The number of imidazole rings is 2. The summed E-state index contributed by atoms with van der Waals surface area (Å²) in [5.41, 5.74) is 8.11. The molecule has 2 heterocycles. The van der Waals surface area contributed by atoms with Crippen LogP contribution < -0.4 is 4.74 Å². The zero-order valence-electron chi connectivity index (χ0n) is 26.2. The SMILES string of the molecule is CCCCc1nc2c(C)ccc(OC(CCCC)n3cnc4ccccc43)c2n1Cc1ccc(-c2ccccc2C(=O)O)cc1. The van der Waals surface area contributed by atoms with Gasteiger partial charge in [0, 0.05) is 19.4 Å². The molecule has 0 radical (unpaired) electrons. The summed E-state index contributed by atoms with van der Waals surface area (Å²) < 4.78 is 11.4. The maximum Gasteiger partial charge on any atom is 0.336 e. The minimum Gasteiger partial charge on any atom is -0.478 e. The van der Waals surface area contributed by atoms with Crippen LogP contribution in [0.1, 0.15) is 79.5 Å². The summed E-state index contributed by atoms with van der Waals surface area (Å²) in [4.78, 5) is 21.7. The van der Waals surface area contributed by atoms with Crippen molar-refractivity contribution >= 4 is 28.0 Å². The maximum absolute atomic E-state index is 11.8. The van der Waals surface area contributed by atoms with E-state index in [1.807, 2.05) is 48.8 Å². The lowest BCUT2D eigenvalue weighted by Gasteiger charge is -2.22. The van der Waals surface area contributed by atoms with Gasteiger partial charge in [0.2, 0.25) is 0 Å². The molecule has 0 amide bonds. The molecule has 0 fully saturated rings. The fourth-order valence-electron chi connectivity index (χ4n) is 6.06. The molecule has 1 N–H and O–H groups in total. The minimum atomic E-state index is -0.927. The molecule has 0 aliphatic carbocycles. The third-order valence-electron chi connectivity index (χ3n) is 8.51. The van der Waals surface area contributed by atoms with Crippen LogP contribution in [0.5, 0.6) is 5.75 Å². The normalized spacial score (nSPS) is 12.2. The van der Waals surface area contributed by atoms with Crippen molar-refractivity contribution in [3.05, 3.63) is 114 Å². The number of carboxylic acid groups (broad SMARTS) is 1. The molecular formula is C38H40N4O3. The largest absolute Gasteiger partial charge is 0.478 e. The van der Waals surface area contributed by atoms with Crippen LogP contribution in [0.4, 0.5) is 0 Å². The van der Waals surface area contributed by atoms with Crippen molar-refractivity contribution in [3.63, 3.8) is 0 Å². The fraction of sp³-hybridized carbons (Fsp3) is 0.289. The van der Waals surface area contributed by atoms with E-state index in [0.29, 0.717) is 17.7 Å². The second kappa shape index (κ2) is 13.4. The molecular weight excluding hydrogens is 560 g/mol. The Morgan fingerprint density at radius 2 is 1.67 bits per heavy atom. The van der Waals surface area contributed by atoms with E-state index in [1.165, 1.54) is 0 Å². The van der Waals surface area contributed by atoms with E-state index >= 15 is 0 Å². The van der Waals surface area contributed by atoms with E-state index in [0.717, 1.165) is 88.9 Å². The van der Waals surface area contributed by atoms with E-state index in [4.69, 9.17) is 9.72 Å². The van der Waals surface area contributed by atoms with Gasteiger partial charge in [-0.2, -0.15) is 0 Å². The Hall–Kier alpha value is -4.91. The Morgan fingerprint density at radius 3 is 2.44 bits per heavy atom. The smallest absolute Gasteiger partial charge is 0.336 e. The number of ether oxygens (including phenoxy) is 1. The van der Waals surface area contributed by atoms with Gasteiger partial charge in [-0.25, -0.2) is 14.8 Å². The van der Waals surface area contributed by atoms with Crippen LogP contribution in [-0.2, 0) is 13.0 Å². The van der Waals surface area contributed by atoms with Gasteiger partial charge in [0.1, 0.15) is 17.1 Å². The topological polar surface area (TPSA) is 82.2 Å². The molecule has 7 nitrogen and oxygen atoms in total. The van der Waals surface area contributed by atoms with Crippen LogP contribution in [0.2, 0.25) is 0 Å². The number of nitrogens with zero attached hydrogens (tertiary/aromatic N) is 4. The first-order valence-corrected chi connectivity index (χ1v) is 16.0. The lowest BCUT2D eigenvalue weighted by molar-refractivity contribution is 0.0697. The summed E-state index contributed by atoms with van der Waals surface area (Å²) in [6.07, 6.45) is 7.65. The van der Waals surface area contributed by atoms with E-state index < -0.39 is 5.97 Å². The van der Waals surface area contributed by atoms with Crippen molar-refractivity contribution in [2.75, 3.05) is 0 Å². The van der Waals surface area contributed by atoms with Crippen molar-refractivity contribution in [1.29, 1.82) is 0 Å². The van der Waals surface area contributed by atoms with Gasteiger partial charge in [0.25, 0.3) is 0 Å². The number of unbranched alkanes of at least 4 members (excludes halogenated alkanes) is 2. The summed E-state index contributed by atoms with van der Waals surface area (Å²) in [6, 6.07) is 27.7. The maximum atomic E-state index is 11.8. The minimum absolute atomic E-state index is 0.209. The quantitative estimate of drug-likeness (QED) is 0.143. The average molecular weight is 601 g/mol. The molecule has 0 aliphatic rings. The number of fused-ring (bicyclic) bond motifs is 2. The number of hydrogen-bond donors (Lipinski definition) is 1. The summed E-state index contributed by atoms with van der Waals surface area (Å²) >= 11 is 0. The number of benzene rings is 4. The number of aryl methyl sites for hydroxylation is 2. The standard InChI is InChI=1S/C38H40N4O3/c1-4-6-16-34-40-36-26(3)18-23-33(45-35(17-7-5-2)42-25-39-31-14-10-11-15-32(31)42)37(36)41(34)24-27-19-21-28(22-20-27)29-12-8-9-13-30(29)38(43)44/h8-15,18-23,25,35H,4-7,16-17,24H2,1-3H3,(H,43,44). The lowest BCUT2D eigenvalue weighted by atomic mass is 9.98. The molecule has 7 heteroatoms. The van der Waals surface area contributed by atoms with Crippen molar-refractivity contribution in [2.45, 2.75) is 72.1 Å². The molecule has 0 spiro atoms. The Morgan fingerprint density at radius 1 is 0.911 bits per heavy atom. The number of para-hydroxylation sites is 2. The van der Waals surface area contributed by atoms with Gasteiger partial charge in [0.15, 0.2) is 6.23 Å². The van der Waals surface area contributed by atoms with Gasteiger partial charge < -0.3 is 14.4 Å². The first-order valence-electron chi connectivity index (χ1n) is 16.0. The molecule has 1 atom stereocenters. The fourth-order valence-corrected chi connectivity index (χ4v) is 6.06. The van der Waals surface area contributed by atoms with Gasteiger partial charge in [0.05, 0.1) is 28.4 Å². The van der Waals surface area contributed by atoms with Crippen LogP contribution in [0.25, 0.3) is 33.2 Å². The molecule has 0 saturated carbocycles. The summed E-state index contributed by atoms with van der Waals surface area (Å²) in [5.74, 6) is 0.935. The van der Waals surface area contributed by atoms with Crippen molar-refractivity contribution in [1.82, 2.24) is 19.1 Å². The van der Waals surface area contributed by atoms with Crippen LogP contribution in [0.15, 0.2) is 91.3 Å². The second-order valence-corrected chi connectivity index (χ2v) is 11.7. The Balaban J connectivity index is 1.41. The average Bonchev–Trinajstić information content (AvgIpc) is 3.66. The molecule has 0 aliphatic heterocycles. The van der Waals surface area contributed by atoms with E-state index in [9.17, 15) is 9.90 Å². The third-order valence-corrected chi connectivity index (χ3v) is 8.51. The summed E-state index contributed by atoms with van der Waals surface area (Å²) in [5, 5.41) is 9.70. The van der Waals surface area contributed by atoms with E-state index in [1.54, 1.807) is 12.1 Å². The molecule has 6 aromatic rings. The van der Waals surface area contributed by atoms with Gasteiger partial charge in [-0.1, -0.05) is 87.4 Å². The van der Waals surface area contributed by atoms with Crippen LogP contribution in [-0.4, -0.2) is 30.2 Å². The van der Waals surface area contributed by atoms with Crippen molar-refractivity contribution < 1.29 is 14.6 Å². The molecule has 2 aromatic heterocycles. The van der Waals surface area contributed by atoms with Gasteiger partial charge in [-0.15, -0.1) is 0 Å². The number of carbonyl (C=O) groups is 1. The highest BCUT2D eigenvalue weighted by atomic mass is 16.5. The predicted octanol–water partition coefficient (Wildman–Crippen LogP) is 9.22. The molecule has 1 unspecified atom stereocenters. The first kappa shape index (κ1) is 30.1. The van der Waals surface area contributed by atoms with Crippen LogP contribution in [0, 0.1) is 6.92 Å². The zero-order chi connectivity index (χ0) is 31.3. The molecule has 0 saturated heterocycles. The Kier molecular flexibility index (Phi) is 8.96. The highest BCUT2D eigenvalue weighted by Crippen LogP contribution is 2.35. The summed E-state index contributed by atoms with van der Waals surface area (Å²) in [6.45, 7) is 7.14. The number of hydrogen-bond acceptors (Lipinski definition) is 4. The molecule has 45 heavy (non-hydrogen) atoms. The van der Waals surface area contributed by atoms with Gasteiger partial charge >= 0.3 is 5.97 Å². The Labute approximate surface area is 264 Å². The van der Waals surface area contributed by atoms with Crippen molar-refractivity contribution in [2.24, 2.45) is 0 Å². The lowest BCUT2D eigenvalue weighted by Crippen LogP contribution is -2.16. The second-order valence-electron chi connectivity index (χ2n) is 11.7. The number of aromatic nitrogens is 4. The van der Waals surface area contributed by atoms with Gasteiger partial charge in [-0.05, 0) is 66.3 Å². The highest BCUT2D eigenvalue weighted by molar-refractivity contribution is 5.96. The van der Waals surface area contributed by atoms with E-state index in [2.05, 4.69) is 65.2 Å². The zero-order valence-corrected chi connectivity index (χ0v) is 26.2. The molecule has 230 valence electrons. The van der Waals surface area contributed by atoms with Gasteiger partial charge in [-0.3, -0.25) is 4.57 Å². The number of aromatic carboxylic acids is 1. The van der Waals surface area contributed by atoms with Crippen LogP contribution >= 0.6 is 0 Å². The molecule has 6 rings (SSSR count). The van der Waals surface area contributed by atoms with Crippen LogP contribution in [0.3, 0.4) is 0 Å². The highest BCUT2D eigenvalue weighted by Gasteiger charge is 2.22. The monoisotopic (exact) mass is 600 g/mol. The molecule has 4 aromatic carbocycles. The van der Waals surface area contributed by atoms with E-state index in [-0.39, 0.29) is 6.23 Å².